The van der Waals surface area contributed by atoms with Crippen molar-refractivity contribution in [1.29, 1.82) is 0 Å². The van der Waals surface area contributed by atoms with Gasteiger partial charge >= 0.3 is 13.1 Å². The van der Waals surface area contributed by atoms with Gasteiger partial charge in [0.2, 0.25) is 0 Å². The average molecular weight is 344 g/mol. The van der Waals surface area contributed by atoms with E-state index in [1.54, 1.807) is 0 Å². The Labute approximate surface area is 151 Å². The first-order valence-corrected chi connectivity index (χ1v) is 8.85. The van der Waals surface area contributed by atoms with Crippen molar-refractivity contribution in [3.63, 3.8) is 0 Å². The monoisotopic (exact) mass is 344 g/mol. The molecule has 1 aromatic rings. The molecule has 0 saturated carbocycles. The van der Waals surface area contributed by atoms with Crippen molar-refractivity contribution in [3.8, 4) is 0 Å². The third kappa shape index (κ3) is 4.16. The number of benzene rings is 1. The summed E-state index contributed by atoms with van der Waals surface area (Å²) >= 11 is 0. The fourth-order valence-corrected chi connectivity index (χ4v) is 3.04. The van der Waals surface area contributed by atoms with Gasteiger partial charge in [0.25, 0.3) is 0 Å². The van der Waals surface area contributed by atoms with E-state index in [0.29, 0.717) is 0 Å². The van der Waals surface area contributed by atoms with Crippen LogP contribution >= 0.6 is 0 Å². The summed E-state index contributed by atoms with van der Waals surface area (Å²) in [5.41, 5.74) is 0.893. The Morgan fingerprint density at radius 1 is 1.16 bits per heavy atom. The van der Waals surface area contributed by atoms with Gasteiger partial charge in [-0.25, -0.2) is 0 Å². The molecule has 0 unspecified atom stereocenters. The third-order valence-electron chi connectivity index (χ3n) is 5.26. The van der Waals surface area contributed by atoms with Crippen LogP contribution in [0.25, 0.3) is 0 Å². The van der Waals surface area contributed by atoms with E-state index >= 15 is 0 Å². The van der Waals surface area contributed by atoms with Gasteiger partial charge in [0, 0.05) is 12.8 Å². The lowest BCUT2D eigenvalue weighted by molar-refractivity contribution is -0.148. The molecule has 0 aromatic heterocycles. The molecule has 4 nitrogen and oxygen atoms in total. The predicted octanol–water partition coefficient (Wildman–Crippen LogP) is 4.50. The molecule has 1 aliphatic heterocycles. The van der Waals surface area contributed by atoms with Gasteiger partial charge in [-0.2, -0.15) is 0 Å². The van der Waals surface area contributed by atoms with E-state index in [1.165, 1.54) is 6.92 Å². The molecule has 0 amide bonds. The Morgan fingerprint density at radius 2 is 1.68 bits per heavy atom. The summed E-state index contributed by atoms with van der Waals surface area (Å²) in [6.07, 6.45) is 0.352. The van der Waals surface area contributed by atoms with Crippen molar-refractivity contribution in [2.75, 3.05) is 0 Å². The van der Waals surface area contributed by atoms with Gasteiger partial charge in [0.15, 0.2) is 0 Å². The van der Waals surface area contributed by atoms with Crippen molar-refractivity contribution in [3.05, 3.63) is 47.9 Å². The molecule has 5 heteroatoms. The molecule has 136 valence electrons. The minimum absolute atomic E-state index is 0.0963. The first kappa shape index (κ1) is 19.7. The van der Waals surface area contributed by atoms with Crippen LogP contribution in [0.1, 0.15) is 59.6 Å². The fourth-order valence-electron chi connectivity index (χ4n) is 3.04. The Balaban J connectivity index is 2.29. The maximum Gasteiger partial charge on any atom is 0.490 e. The van der Waals surface area contributed by atoms with E-state index in [4.69, 9.17) is 14.0 Å². The maximum absolute atomic E-state index is 11.7. The van der Waals surface area contributed by atoms with Crippen LogP contribution < -0.4 is 0 Å². The summed E-state index contributed by atoms with van der Waals surface area (Å²) in [6, 6.07) is 9.76. The van der Waals surface area contributed by atoms with E-state index in [9.17, 15) is 4.79 Å². The van der Waals surface area contributed by atoms with Crippen LogP contribution in [0.4, 0.5) is 0 Å². The molecular formula is C20H29BO4. The van der Waals surface area contributed by atoms with E-state index in [2.05, 4.69) is 13.5 Å². The predicted molar refractivity (Wildman–Crippen MR) is 100.0 cm³/mol. The highest BCUT2D eigenvalue weighted by Crippen LogP contribution is 2.42. The molecule has 1 fully saturated rings. The summed E-state index contributed by atoms with van der Waals surface area (Å²) < 4.78 is 17.9. The van der Waals surface area contributed by atoms with Crippen molar-refractivity contribution in [1.82, 2.24) is 0 Å². The highest BCUT2D eigenvalue weighted by molar-refractivity contribution is 6.54. The zero-order valence-corrected chi connectivity index (χ0v) is 16.2. The Kier molecular flexibility index (Phi) is 5.80. The molecule has 0 N–H and O–H groups in total. The second kappa shape index (κ2) is 7.34. The molecule has 0 spiro atoms. The minimum atomic E-state index is -0.517. The van der Waals surface area contributed by atoms with Gasteiger partial charge in [-0.1, -0.05) is 37.3 Å². The molecule has 1 saturated heterocycles. The first-order valence-electron chi connectivity index (χ1n) is 8.85. The Morgan fingerprint density at radius 3 is 2.12 bits per heavy atom. The highest BCUT2D eigenvalue weighted by Gasteiger charge is 2.53. The second-order valence-electron chi connectivity index (χ2n) is 7.62. The molecular weight excluding hydrogens is 315 g/mol. The number of carbonyl (C=O) groups is 1. The van der Waals surface area contributed by atoms with E-state index < -0.39 is 24.4 Å². The lowest BCUT2D eigenvalue weighted by atomic mass is 9.68. The molecule has 1 aliphatic rings. The summed E-state index contributed by atoms with van der Waals surface area (Å²) in [5.74, 6) is -0.407. The highest BCUT2D eigenvalue weighted by atomic mass is 16.7. The van der Waals surface area contributed by atoms with Crippen LogP contribution in [-0.2, 0) is 18.8 Å². The smallest absolute Gasteiger partial charge is 0.457 e. The quantitative estimate of drug-likeness (QED) is 0.563. The summed E-state index contributed by atoms with van der Waals surface area (Å²) in [7, 11) is -0.517. The normalized spacial score (nSPS) is 20.8. The topological polar surface area (TPSA) is 44.8 Å². The molecule has 2 rings (SSSR count). The molecule has 0 bridgehead atoms. The van der Waals surface area contributed by atoms with Crippen molar-refractivity contribution in [2.24, 2.45) is 5.92 Å². The van der Waals surface area contributed by atoms with Gasteiger partial charge < -0.3 is 14.0 Å². The zero-order valence-electron chi connectivity index (χ0n) is 16.2. The number of rotatable bonds is 6. The zero-order chi connectivity index (χ0) is 18.8. The number of hydrogen-bond acceptors (Lipinski definition) is 4. The standard InChI is InChI=1S/C20H29BO4/c1-8-17(14(2)21-24-19(4,5)20(6,7)25-21)18(23-15(3)22)16-12-10-9-11-13-16/h9-13,17-18H,2,8H2,1,3-7H3/t17-,18+/m1/s1. The van der Waals surface area contributed by atoms with Crippen molar-refractivity contribution < 1.29 is 18.8 Å². The van der Waals surface area contributed by atoms with E-state index in [0.717, 1.165) is 17.5 Å². The van der Waals surface area contributed by atoms with Crippen molar-refractivity contribution in [2.45, 2.75) is 65.3 Å². The largest absolute Gasteiger partial charge is 0.490 e. The van der Waals surface area contributed by atoms with E-state index in [1.807, 2.05) is 58.0 Å². The summed E-state index contributed by atoms with van der Waals surface area (Å²) in [5, 5.41) is 0. The fraction of sp³-hybridized carbons (Fsp3) is 0.550. The SMILES string of the molecule is C=C(B1OC(C)(C)C(C)(C)O1)[C@@H](CC)[C@@H](OC(C)=O)c1ccccc1. The van der Waals surface area contributed by atoms with Crippen LogP contribution in [0.5, 0.6) is 0 Å². The lowest BCUT2D eigenvalue weighted by Gasteiger charge is -2.32. The summed E-state index contributed by atoms with van der Waals surface area (Å²) in [4.78, 5) is 11.7. The van der Waals surface area contributed by atoms with Crippen LogP contribution in [-0.4, -0.2) is 24.3 Å². The van der Waals surface area contributed by atoms with Crippen LogP contribution in [0.2, 0.25) is 0 Å². The molecule has 1 heterocycles. The third-order valence-corrected chi connectivity index (χ3v) is 5.26. The second-order valence-corrected chi connectivity index (χ2v) is 7.62. The van der Waals surface area contributed by atoms with Crippen molar-refractivity contribution >= 4 is 13.1 Å². The number of carbonyl (C=O) groups excluding carboxylic acids is 1. The van der Waals surface area contributed by atoms with Crippen LogP contribution in [0, 0.1) is 5.92 Å². The average Bonchev–Trinajstić information content (AvgIpc) is 2.75. The molecule has 0 aliphatic carbocycles. The maximum atomic E-state index is 11.7. The molecule has 25 heavy (non-hydrogen) atoms. The molecule has 2 atom stereocenters. The number of esters is 1. The van der Waals surface area contributed by atoms with E-state index in [-0.39, 0.29) is 11.9 Å². The summed E-state index contributed by atoms with van der Waals surface area (Å²) in [6.45, 7) is 15.8. The Bertz CT molecular complexity index is 608. The number of hydrogen-bond donors (Lipinski definition) is 0. The van der Waals surface area contributed by atoms with Crippen LogP contribution in [0.15, 0.2) is 42.4 Å². The molecule has 0 radical (unpaired) electrons. The first-order chi connectivity index (χ1) is 11.6. The lowest BCUT2D eigenvalue weighted by Crippen LogP contribution is -2.41. The van der Waals surface area contributed by atoms with Gasteiger partial charge in [0.1, 0.15) is 6.10 Å². The van der Waals surface area contributed by atoms with Gasteiger partial charge in [-0.15, -0.1) is 6.58 Å². The minimum Gasteiger partial charge on any atom is -0.457 e. The van der Waals surface area contributed by atoms with Gasteiger partial charge in [-0.05, 0) is 45.2 Å². The van der Waals surface area contributed by atoms with Crippen LogP contribution in [0.3, 0.4) is 0 Å². The van der Waals surface area contributed by atoms with Gasteiger partial charge in [0.05, 0.1) is 11.2 Å². The van der Waals surface area contributed by atoms with Gasteiger partial charge in [-0.3, -0.25) is 4.79 Å². The molecule has 1 aromatic carbocycles. The Hall–Kier alpha value is -1.59. The number of ether oxygens (including phenoxy) is 1.